The molecule has 0 bridgehead atoms. The van der Waals surface area contributed by atoms with Crippen LogP contribution in [-0.4, -0.2) is 29.2 Å². The van der Waals surface area contributed by atoms with Crippen LogP contribution in [0.15, 0.2) is 29.6 Å². The summed E-state index contributed by atoms with van der Waals surface area (Å²) < 4.78 is 0. The van der Waals surface area contributed by atoms with Crippen LogP contribution in [0.25, 0.3) is 0 Å². The highest BCUT2D eigenvalue weighted by Crippen LogP contribution is 2.24. The van der Waals surface area contributed by atoms with Crippen molar-refractivity contribution < 1.29 is 14.4 Å². The average Bonchev–Trinajstić information content (AvgIpc) is 3.06. The summed E-state index contributed by atoms with van der Waals surface area (Å²) in [5, 5.41) is 4.82. The SMILES string of the molecule is Cc1ccc2c(c1)C(=O)N(CCC(=O)NCc1sccc1C)C2=O. The molecule has 2 heterocycles. The van der Waals surface area contributed by atoms with Crippen LogP contribution in [0.2, 0.25) is 0 Å². The molecule has 0 spiro atoms. The normalized spacial score (nSPS) is 13.3. The Hall–Kier alpha value is -2.47. The van der Waals surface area contributed by atoms with Crippen LogP contribution < -0.4 is 5.32 Å². The maximum absolute atomic E-state index is 12.3. The van der Waals surface area contributed by atoms with Gasteiger partial charge in [0, 0.05) is 17.8 Å². The predicted molar refractivity (Wildman–Crippen MR) is 92.1 cm³/mol. The maximum Gasteiger partial charge on any atom is 0.261 e. The first kappa shape index (κ1) is 16.4. The van der Waals surface area contributed by atoms with Crippen molar-refractivity contribution in [2.75, 3.05) is 6.54 Å². The second kappa shape index (κ2) is 6.57. The Balaban J connectivity index is 1.57. The van der Waals surface area contributed by atoms with Gasteiger partial charge in [0.25, 0.3) is 11.8 Å². The average molecular weight is 342 g/mol. The largest absolute Gasteiger partial charge is 0.351 e. The monoisotopic (exact) mass is 342 g/mol. The molecule has 0 saturated heterocycles. The first-order valence-electron chi connectivity index (χ1n) is 7.74. The summed E-state index contributed by atoms with van der Waals surface area (Å²) in [6.45, 7) is 4.45. The summed E-state index contributed by atoms with van der Waals surface area (Å²) in [5.41, 5.74) is 2.92. The highest BCUT2D eigenvalue weighted by Gasteiger charge is 2.35. The van der Waals surface area contributed by atoms with E-state index in [0.29, 0.717) is 17.7 Å². The molecule has 3 amide bonds. The van der Waals surface area contributed by atoms with Crippen molar-refractivity contribution in [3.63, 3.8) is 0 Å². The number of amides is 3. The summed E-state index contributed by atoms with van der Waals surface area (Å²) in [6, 6.07) is 7.20. The fourth-order valence-corrected chi connectivity index (χ4v) is 3.52. The molecule has 3 rings (SSSR count). The Morgan fingerprint density at radius 3 is 2.58 bits per heavy atom. The van der Waals surface area contributed by atoms with Gasteiger partial charge >= 0.3 is 0 Å². The zero-order chi connectivity index (χ0) is 17.3. The Labute approximate surface area is 144 Å². The number of aryl methyl sites for hydroxylation is 2. The van der Waals surface area contributed by atoms with Crippen LogP contribution in [0.4, 0.5) is 0 Å². The first-order chi connectivity index (χ1) is 11.5. The summed E-state index contributed by atoms with van der Waals surface area (Å²) in [5.74, 6) is -0.812. The lowest BCUT2D eigenvalue weighted by molar-refractivity contribution is -0.121. The van der Waals surface area contributed by atoms with Crippen LogP contribution in [-0.2, 0) is 11.3 Å². The van der Waals surface area contributed by atoms with Gasteiger partial charge in [-0.05, 0) is 43.0 Å². The Bertz CT molecular complexity index is 825. The topological polar surface area (TPSA) is 66.5 Å². The van der Waals surface area contributed by atoms with E-state index in [4.69, 9.17) is 0 Å². The Kier molecular flexibility index (Phi) is 4.49. The second-order valence-corrected chi connectivity index (χ2v) is 6.87. The van der Waals surface area contributed by atoms with Gasteiger partial charge in [0.2, 0.25) is 5.91 Å². The number of benzene rings is 1. The number of nitrogens with zero attached hydrogens (tertiary/aromatic N) is 1. The molecule has 1 aromatic heterocycles. The molecule has 0 fully saturated rings. The third-order valence-corrected chi connectivity index (χ3v) is 5.13. The minimum absolute atomic E-state index is 0.0979. The van der Waals surface area contributed by atoms with Crippen molar-refractivity contribution in [3.05, 3.63) is 56.8 Å². The minimum Gasteiger partial charge on any atom is -0.351 e. The van der Waals surface area contributed by atoms with Crippen molar-refractivity contribution in [2.45, 2.75) is 26.8 Å². The highest BCUT2D eigenvalue weighted by molar-refractivity contribution is 7.10. The number of imide groups is 1. The highest BCUT2D eigenvalue weighted by atomic mass is 32.1. The van der Waals surface area contributed by atoms with Gasteiger partial charge in [0.1, 0.15) is 0 Å². The van der Waals surface area contributed by atoms with Crippen LogP contribution in [0.5, 0.6) is 0 Å². The number of rotatable bonds is 5. The van der Waals surface area contributed by atoms with Gasteiger partial charge in [0.15, 0.2) is 0 Å². The molecular formula is C18H18N2O3S. The summed E-state index contributed by atoms with van der Waals surface area (Å²) in [6.07, 6.45) is 0.106. The van der Waals surface area contributed by atoms with Crippen molar-refractivity contribution in [1.82, 2.24) is 10.2 Å². The van der Waals surface area contributed by atoms with Crippen LogP contribution in [0.3, 0.4) is 0 Å². The molecule has 1 aliphatic rings. The lowest BCUT2D eigenvalue weighted by Crippen LogP contribution is -2.34. The molecule has 0 atom stereocenters. The van der Waals surface area contributed by atoms with Gasteiger partial charge in [-0.25, -0.2) is 0 Å². The van der Waals surface area contributed by atoms with Gasteiger partial charge in [-0.3, -0.25) is 19.3 Å². The molecule has 0 saturated carbocycles. The zero-order valence-electron chi connectivity index (χ0n) is 13.6. The molecule has 5 nitrogen and oxygen atoms in total. The molecule has 1 aliphatic heterocycles. The summed E-state index contributed by atoms with van der Waals surface area (Å²) in [4.78, 5) is 38.9. The van der Waals surface area contributed by atoms with Gasteiger partial charge < -0.3 is 5.32 Å². The standard InChI is InChI=1S/C18H18N2O3S/c1-11-3-4-13-14(9-11)18(23)20(17(13)22)7-5-16(21)19-10-15-12(2)6-8-24-15/h3-4,6,8-9H,5,7,10H2,1-2H3,(H,19,21). The maximum atomic E-state index is 12.3. The number of thiophene rings is 1. The molecule has 0 unspecified atom stereocenters. The lowest BCUT2D eigenvalue weighted by Gasteiger charge is -2.13. The smallest absolute Gasteiger partial charge is 0.261 e. The second-order valence-electron chi connectivity index (χ2n) is 5.86. The molecule has 2 aromatic rings. The molecule has 1 aromatic carbocycles. The van der Waals surface area contributed by atoms with E-state index in [1.165, 1.54) is 0 Å². The van der Waals surface area contributed by atoms with Gasteiger partial charge in [-0.1, -0.05) is 11.6 Å². The summed E-state index contributed by atoms with van der Waals surface area (Å²) in [7, 11) is 0. The van der Waals surface area contributed by atoms with Crippen LogP contribution in [0, 0.1) is 13.8 Å². The van der Waals surface area contributed by atoms with E-state index in [2.05, 4.69) is 5.32 Å². The number of hydrogen-bond acceptors (Lipinski definition) is 4. The van der Waals surface area contributed by atoms with E-state index in [-0.39, 0.29) is 30.7 Å². The number of fused-ring (bicyclic) bond motifs is 1. The molecule has 24 heavy (non-hydrogen) atoms. The number of nitrogens with one attached hydrogen (secondary N) is 1. The third kappa shape index (κ3) is 3.10. The number of carbonyl (C=O) groups is 3. The predicted octanol–water partition coefficient (Wildman–Crippen LogP) is 2.67. The molecule has 1 N–H and O–H groups in total. The number of hydrogen-bond donors (Lipinski definition) is 1. The quantitative estimate of drug-likeness (QED) is 0.850. The minimum atomic E-state index is -0.322. The van der Waals surface area contributed by atoms with E-state index in [1.54, 1.807) is 23.5 Å². The van der Waals surface area contributed by atoms with E-state index in [1.807, 2.05) is 31.4 Å². The fourth-order valence-electron chi connectivity index (χ4n) is 2.67. The molecule has 124 valence electrons. The van der Waals surface area contributed by atoms with Gasteiger partial charge in [-0.2, -0.15) is 0 Å². The van der Waals surface area contributed by atoms with Crippen LogP contribution >= 0.6 is 11.3 Å². The molecule has 6 heteroatoms. The van der Waals surface area contributed by atoms with E-state index < -0.39 is 0 Å². The van der Waals surface area contributed by atoms with E-state index in [0.717, 1.165) is 20.9 Å². The van der Waals surface area contributed by atoms with Crippen molar-refractivity contribution >= 4 is 29.1 Å². The van der Waals surface area contributed by atoms with Crippen LogP contribution in [0.1, 0.15) is 43.1 Å². The molecule has 0 radical (unpaired) electrons. The van der Waals surface area contributed by atoms with E-state index in [9.17, 15) is 14.4 Å². The van der Waals surface area contributed by atoms with Gasteiger partial charge in [-0.15, -0.1) is 11.3 Å². The molecule has 0 aliphatic carbocycles. The molecular weight excluding hydrogens is 324 g/mol. The zero-order valence-corrected chi connectivity index (χ0v) is 14.4. The third-order valence-electron chi connectivity index (χ3n) is 4.10. The lowest BCUT2D eigenvalue weighted by atomic mass is 10.1. The van der Waals surface area contributed by atoms with Crippen molar-refractivity contribution in [3.8, 4) is 0 Å². The fraction of sp³-hybridized carbons (Fsp3) is 0.278. The first-order valence-corrected chi connectivity index (χ1v) is 8.62. The van der Waals surface area contributed by atoms with Gasteiger partial charge in [0.05, 0.1) is 17.7 Å². The Morgan fingerprint density at radius 2 is 1.88 bits per heavy atom. The Morgan fingerprint density at radius 1 is 1.12 bits per heavy atom. The number of carbonyl (C=O) groups excluding carboxylic acids is 3. The summed E-state index contributed by atoms with van der Waals surface area (Å²) >= 11 is 1.60. The van der Waals surface area contributed by atoms with Crippen molar-refractivity contribution in [2.24, 2.45) is 0 Å². The van der Waals surface area contributed by atoms with Crippen molar-refractivity contribution in [1.29, 1.82) is 0 Å². The van der Waals surface area contributed by atoms with E-state index >= 15 is 0 Å².